The van der Waals surface area contributed by atoms with Crippen molar-refractivity contribution in [2.45, 2.75) is 19.9 Å². The maximum Gasteiger partial charge on any atom is 0.254 e. The number of hydrogen-bond donors (Lipinski definition) is 0. The Labute approximate surface area is 200 Å². The average Bonchev–Trinajstić information content (AvgIpc) is 3.19. The first-order valence-corrected chi connectivity index (χ1v) is 11.4. The second-order valence-corrected chi connectivity index (χ2v) is 8.00. The Morgan fingerprint density at radius 1 is 0.941 bits per heavy atom. The maximum atomic E-state index is 13.4. The van der Waals surface area contributed by atoms with Gasteiger partial charge in [0.1, 0.15) is 17.2 Å². The minimum atomic E-state index is -0.0161. The molecule has 0 unspecified atom stereocenters. The van der Waals surface area contributed by atoms with Crippen molar-refractivity contribution in [1.82, 2.24) is 14.7 Å². The summed E-state index contributed by atoms with van der Waals surface area (Å²) in [4.78, 5) is 15.2. The lowest BCUT2D eigenvalue weighted by Crippen LogP contribution is -2.31. The molecule has 0 saturated carbocycles. The molecule has 0 aliphatic heterocycles. The number of benzene rings is 3. The van der Waals surface area contributed by atoms with Gasteiger partial charge in [0, 0.05) is 30.8 Å². The molecule has 174 valence electrons. The molecule has 0 bridgehead atoms. The zero-order valence-corrected chi connectivity index (χ0v) is 19.8. The summed E-state index contributed by atoms with van der Waals surface area (Å²) in [6, 6.07) is 26.8. The van der Waals surface area contributed by atoms with Gasteiger partial charge in [0.25, 0.3) is 5.91 Å². The van der Waals surface area contributed by atoms with Crippen LogP contribution in [0.2, 0.25) is 0 Å². The summed E-state index contributed by atoms with van der Waals surface area (Å²) in [6.45, 7) is 3.06. The molecule has 1 aromatic heterocycles. The van der Waals surface area contributed by atoms with Crippen molar-refractivity contribution >= 4 is 5.91 Å². The average molecular weight is 456 g/mol. The van der Waals surface area contributed by atoms with E-state index in [-0.39, 0.29) is 5.91 Å². The number of hydrogen-bond acceptors (Lipinski definition) is 4. The third kappa shape index (κ3) is 5.12. The maximum absolute atomic E-state index is 13.4. The van der Waals surface area contributed by atoms with Gasteiger partial charge in [0.05, 0.1) is 19.2 Å². The van der Waals surface area contributed by atoms with E-state index in [0.717, 1.165) is 23.2 Å². The van der Waals surface area contributed by atoms with E-state index in [9.17, 15) is 4.79 Å². The van der Waals surface area contributed by atoms with Gasteiger partial charge < -0.3 is 14.4 Å². The van der Waals surface area contributed by atoms with Crippen molar-refractivity contribution in [2.75, 3.05) is 13.7 Å². The normalized spacial score (nSPS) is 10.7. The molecule has 6 nitrogen and oxygen atoms in total. The predicted molar refractivity (Wildman–Crippen MR) is 133 cm³/mol. The van der Waals surface area contributed by atoms with E-state index < -0.39 is 0 Å². The highest BCUT2D eigenvalue weighted by molar-refractivity contribution is 5.94. The summed E-state index contributed by atoms with van der Waals surface area (Å²) in [5.74, 6) is 1.92. The van der Waals surface area contributed by atoms with Crippen LogP contribution in [0.1, 0.15) is 29.3 Å². The third-order valence-electron chi connectivity index (χ3n) is 5.54. The fourth-order valence-electron chi connectivity index (χ4n) is 3.90. The van der Waals surface area contributed by atoms with Crippen LogP contribution in [0, 0.1) is 0 Å². The molecule has 1 heterocycles. The Bertz CT molecular complexity index is 1240. The molecule has 4 rings (SSSR count). The van der Waals surface area contributed by atoms with Crippen LogP contribution in [0.25, 0.3) is 11.3 Å². The second-order valence-electron chi connectivity index (χ2n) is 8.00. The largest absolute Gasteiger partial charge is 0.497 e. The van der Waals surface area contributed by atoms with Crippen LogP contribution in [0.4, 0.5) is 0 Å². The van der Waals surface area contributed by atoms with Gasteiger partial charge in [-0.05, 0) is 30.7 Å². The summed E-state index contributed by atoms with van der Waals surface area (Å²) in [5.41, 5.74) is 3.28. The molecule has 1 amide bonds. The molecule has 0 aliphatic carbocycles. The molecule has 34 heavy (non-hydrogen) atoms. The molecule has 0 saturated heterocycles. The van der Waals surface area contributed by atoms with Gasteiger partial charge in [-0.15, -0.1) is 0 Å². The Hall–Kier alpha value is -4.06. The van der Waals surface area contributed by atoms with Gasteiger partial charge in [0.15, 0.2) is 0 Å². The van der Waals surface area contributed by atoms with Crippen LogP contribution >= 0.6 is 0 Å². The van der Waals surface area contributed by atoms with Crippen LogP contribution in [-0.2, 0) is 13.6 Å². The summed E-state index contributed by atoms with van der Waals surface area (Å²) in [6.07, 6.45) is 0.839. The molecule has 0 fully saturated rings. The van der Waals surface area contributed by atoms with Crippen molar-refractivity contribution in [2.24, 2.45) is 7.05 Å². The third-order valence-corrected chi connectivity index (χ3v) is 5.54. The second kappa shape index (κ2) is 10.7. The van der Waals surface area contributed by atoms with E-state index in [1.165, 1.54) is 0 Å². The molecule has 0 radical (unpaired) electrons. The number of carbonyl (C=O) groups is 1. The van der Waals surface area contributed by atoms with E-state index >= 15 is 0 Å². The first kappa shape index (κ1) is 23.1. The van der Waals surface area contributed by atoms with Crippen LogP contribution in [0.15, 0.2) is 84.9 Å². The lowest BCUT2D eigenvalue weighted by molar-refractivity contribution is 0.0742. The minimum Gasteiger partial charge on any atom is -0.497 e. The molecule has 3 aromatic carbocycles. The summed E-state index contributed by atoms with van der Waals surface area (Å²) in [7, 11) is 3.48. The first-order chi connectivity index (χ1) is 16.6. The quantitative estimate of drug-likeness (QED) is 0.313. The molecular weight excluding hydrogens is 426 g/mol. The van der Waals surface area contributed by atoms with Crippen molar-refractivity contribution in [3.8, 4) is 28.6 Å². The monoisotopic (exact) mass is 455 g/mol. The number of methoxy groups -OCH3 is 1. The number of amides is 1. The minimum absolute atomic E-state index is 0.0161. The molecule has 4 aromatic rings. The standard InChI is InChI=1S/C28H29N3O3/c1-4-18-31(27(32)22-14-9-6-10-15-22)20-25-26(21-12-7-5-8-13-21)29-30(2)28(25)34-24-17-11-16-23(19-24)33-3/h5-17,19H,4,18,20H2,1-3H3. The van der Waals surface area contributed by atoms with Gasteiger partial charge in [-0.3, -0.25) is 4.79 Å². The Balaban J connectivity index is 1.77. The van der Waals surface area contributed by atoms with E-state index in [0.29, 0.717) is 36.0 Å². The highest BCUT2D eigenvalue weighted by Gasteiger charge is 2.24. The zero-order chi connectivity index (χ0) is 23.9. The first-order valence-electron chi connectivity index (χ1n) is 11.4. The molecule has 6 heteroatoms. The van der Waals surface area contributed by atoms with Crippen LogP contribution in [0.5, 0.6) is 17.4 Å². The van der Waals surface area contributed by atoms with E-state index in [1.54, 1.807) is 11.8 Å². The molecule has 0 atom stereocenters. The molecule has 0 aliphatic rings. The Morgan fingerprint density at radius 2 is 1.62 bits per heavy atom. The summed E-state index contributed by atoms with van der Waals surface area (Å²) in [5, 5.41) is 4.79. The van der Waals surface area contributed by atoms with Crippen LogP contribution < -0.4 is 9.47 Å². The SMILES string of the molecule is CCCN(Cc1c(-c2ccccc2)nn(C)c1Oc1cccc(OC)c1)C(=O)c1ccccc1. The van der Waals surface area contributed by atoms with Crippen LogP contribution in [-0.4, -0.2) is 34.2 Å². The fourth-order valence-corrected chi connectivity index (χ4v) is 3.90. The molecule has 0 spiro atoms. The van der Waals surface area contributed by atoms with Gasteiger partial charge in [0.2, 0.25) is 5.88 Å². The van der Waals surface area contributed by atoms with Crippen molar-refractivity contribution in [3.05, 3.63) is 96.1 Å². The highest BCUT2D eigenvalue weighted by atomic mass is 16.5. The van der Waals surface area contributed by atoms with Crippen molar-refractivity contribution < 1.29 is 14.3 Å². The fraction of sp³-hybridized carbons (Fsp3) is 0.214. The number of carbonyl (C=O) groups excluding carboxylic acids is 1. The van der Waals surface area contributed by atoms with E-state index in [4.69, 9.17) is 14.6 Å². The Morgan fingerprint density at radius 3 is 2.29 bits per heavy atom. The summed E-state index contributed by atoms with van der Waals surface area (Å²) >= 11 is 0. The number of nitrogens with zero attached hydrogens (tertiary/aromatic N) is 3. The smallest absolute Gasteiger partial charge is 0.254 e. The van der Waals surface area contributed by atoms with Crippen LogP contribution in [0.3, 0.4) is 0 Å². The van der Waals surface area contributed by atoms with Gasteiger partial charge in [-0.1, -0.05) is 61.5 Å². The lowest BCUT2D eigenvalue weighted by Gasteiger charge is -2.23. The van der Waals surface area contributed by atoms with E-state index in [2.05, 4.69) is 6.92 Å². The predicted octanol–water partition coefficient (Wildman–Crippen LogP) is 5.94. The number of ether oxygens (including phenoxy) is 2. The Kier molecular flexibility index (Phi) is 7.28. The number of rotatable bonds is 9. The summed E-state index contributed by atoms with van der Waals surface area (Å²) < 4.78 is 13.4. The molecular formula is C28H29N3O3. The highest BCUT2D eigenvalue weighted by Crippen LogP contribution is 2.35. The van der Waals surface area contributed by atoms with Crippen molar-refractivity contribution in [1.29, 1.82) is 0 Å². The number of aryl methyl sites for hydroxylation is 1. The van der Waals surface area contributed by atoms with Crippen molar-refractivity contribution in [3.63, 3.8) is 0 Å². The number of aromatic nitrogens is 2. The van der Waals surface area contributed by atoms with E-state index in [1.807, 2.05) is 96.9 Å². The van der Waals surface area contributed by atoms with Gasteiger partial charge in [-0.2, -0.15) is 5.10 Å². The molecule has 0 N–H and O–H groups in total. The van der Waals surface area contributed by atoms with Gasteiger partial charge in [-0.25, -0.2) is 4.68 Å². The zero-order valence-electron chi connectivity index (χ0n) is 19.8. The lowest BCUT2D eigenvalue weighted by atomic mass is 10.1. The topological polar surface area (TPSA) is 56.6 Å². The van der Waals surface area contributed by atoms with Gasteiger partial charge >= 0.3 is 0 Å².